The lowest BCUT2D eigenvalue weighted by atomic mass is 10.1. The van der Waals surface area contributed by atoms with Gasteiger partial charge in [0.25, 0.3) is 0 Å². The molecule has 24 heavy (non-hydrogen) atoms. The van der Waals surface area contributed by atoms with Crippen molar-refractivity contribution in [1.82, 2.24) is 14.9 Å². The first-order valence-corrected chi connectivity index (χ1v) is 10.5. The first kappa shape index (κ1) is 17.4. The third-order valence-electron chi connectivity index (χ3n) is 4.08. The molecule has 3 rings (SSSR count). The molecule has 0 unspecified atom stereocenters. The fourth-order valence-electron chi connectivity index (χ4n) is 2.89. The summed E-state index contributed by atoms with van der Waals surface area (Å²) in [5, 5.41) is 6.74. The lowest BCUT2D eigenvalue weighted by molar-refractivity contribution is 0.390. The van der Waals surface area contributed by atoms with Crippen LogP contribution in [0, 0.1) is 13.8 Å². The van der Waals surface area contributed by atoms with Crippen LogP contribution in [0.15, 0.2) is 14.8 Å². The fraction of sp³-hybridized carbons (Fsp3) is 0.600. The number of thiazole rings is 1. The molecule has 0 atom stereocenters. The van der Waals surface area contributed by atoms with Crippen LogP contribution in [0.1, 0.15) is 36.4 Å². The van der Waals surface area contributed by atoms with Crippen LogP contribution in [0.4, 0.5) is 5.13 Å². The highest BCUT2D eigenvalue weighted by atomic mass is 32.2. The highest BCUT2D eigenvalue weighted by Gasteiger charge is 2.23. The van der Waals surface area contributed by atoms with Crippen molar-refractivity contribution < 1.29 is 12.9 Å². The van der Waals surface area contributed by atoms with Gasteiger partial charge < -0.3 is 9.42 Å². The molecule has 1 saturated heterocycles. The molecule has 132 valence electrons. The number of aryl methyl sites for hydroxylation is 2. The van der Waals surface area contributed by atoms with Gasteiger partial charge in [0.1, 0.15) is 10.6 Å². The Bertz CT molecular complexity index is 772. The molecule has 0 aliphatic carbocycles. The quantitative estimate of drug-likeness (QED) is 0.839. The fourth-order valence-corrected chi connectivity index (χ4v) is 5.16. The number of hydrogen-bond acceptors (Lipinski definition) is 7. The molecule has 1 N–H and O–H groups in total. The zero-order valence-electron chi connectivity index (χ0n) is 13.9. The van der Waals surface area contributed by atoms with E-state index < -0.39 is 10.0 Å². The summed E-state index contributed by atoms with van der Waals surface area (Å²) in [4.78, 5) is 7.08. The SMILES string of the molecule is Cc1noc(C)c1S(=O)(=O)NCCc1csc(N2CCCCC2)n1. The highest BCUT2D eigenvalue weighted by molar-refractivity contribution is 7.89. The first-order valence-electron chi connectivity index (χ1n) is 8.09. The molecule has 0 amide bonds. The van der Waals surface area contributed by atoms with Crippen molar-refractivity contribution in [2.75, 3.05) is 24.5 Å². The predicted octanol–water partition coefficient (Wildman–Crippen LogP) is 2.26. The second-order valence-electron chi connectivity index (χ2n) is 5.97. The number of hydrogen-bond donors (Lipinski definition) is 1. The lowest BCUT2D eigenvalue weighted by Crippen LogP contribution is -2.29. The minimum atomic E-state index is -3.60. The van der Waals surface area contributed by atoms with E-state index in [0.29, 0.717) is 24.4 Å². The lowest BCUT2D eigenvalue weighted by Gasteiger charge is -2.25. The summed E-state index contributed by atoms with van der Waals surface area (Å²) in [5.41, 5.74) is 1.29. The van der Waals surface area contributed by atoms with E-state index in [1.165, 1.54) is 19.3 Å². The van der Waals surface area contributed by atoms with Crippen LogP contribution in [0.2, 0.25) is 0 Å². The third-order valence-corrected chi connectivity index (χ3v) is 6.73. The van der Waals surface area contributed by atoms with Gasteiger partial charge in [0.05, 0.1) is 5.69 Å². The van der Waals surface area contributed by atoms with Crippen molar-refractivity contribution in [2.45, 2.75) is 44.4 Å². The zero-order chi connectivity index (χ0) is 17.2. The number of anilines is 1. The number of nitrogens with one attached hydrogen (secondary N) is 1. The zero-order valence-corrected chi connectivity index (χ0v) is 15.5. The molecule has 0 bridgehead atoms. The largest absolute Gasteiger partial charge is 0.360 e. The molecule has 1 aliphatic rings. The molecule has 2 aromatic heterocycles. The van der Waals surface area contributed by atoms with Gasteiger partial charge in [-0.15, -0.1) is 11.3 Å². The van der Waals surface area contributed by atoms with Gasteiger partial charge in [-0.3, -0.25) is 0 Å². The number of nitrogens with zero attached hydrogens (tertiary/aromatic N) is 3. The van der Waals surface area contributed by atoms with E-state index in [0.717, 1.165) is 23.9 Å². The van der Waals surface area contributed by atoms with Gasteiger partial charge in [-0.1, -0.05) is 5.16 Å². The van der Waals surface area contributed by atoms with Crippen LogP contribution in [-0.4, -0.2) is 38.2 Å². The Morgan fingerprint density at radius 3 is 2.71 bits per heavy atom. The average Bonchev–Trinajstić information content (AvgIpc) is 3.15. The maximum atomic E-state index is 12.3. The van der Waals surface area contributed by atoms with Gasteiger partial charge in [0.2, 0.25) is 10.0 Å². The third kappa shape index (κ3) is 3.79. The molecule has 0 aromatic carbocycles. The first-order chi connectivity index (χ1) is 11.5. The maximum absolute atomic E-state index is 12.3. The molecule has 2 aromatic rings. The highest BCUT2D eigenvalue weighted by Crippen LogP contribution is 2.24. The second-order valence-corrected chi connectivity index (χ2v) is 8.51. The minimum Gasteiger partial charge on any atom is -0.360 e. The number of aromatic nitrogens is 2. The molecule has 9 heteroatoms. The smallest absolute Gasteiger partial charge is 0.245 e. The number of sulfonamides is 1. The van der Waals surface area contributed by atoms with Gasteiger partial charge in [-0.2, -0.15) is 0 Å². The van der Waals surface area contributed by atoms with Crippen LogP contribution in [-0.2, 0) is 16.4 Å². The molecule has 0 spiro atoms. The van der Waals surface area contributed by atoms with Crippen LogP contribution >= 0.6 is 11.3 Å². The molecule has 0 radical (unpaired) electrons. The Balaban J connectivity index is 1.57. The van der Waals surface area contributed by atoms with Gasteiger partial charge in [-0.25, -0.2) is 18.1 Å². The molecule has 3 heterocycles. The van der Waals surface area contributed by atoms with Crippen LogP contribution in [0.25, 0.3) is 0 Å². The van der Waals surface area contributed by atoms with Gasteiger partial charge in [0.15, 0.2) is 10.9 Å². The normalized spacial score (nSPS) is 15.8. The molecule has 1 aliphatic heterocycles. The van der Waals surface area contributed by atoms with E-state index in [9.17, 15) is 8.42 Å². The van der Waals surface area contributed by atoms with Gasteiger partial charge in [-0.05, 0) is 33.1 Å². The molecular weight excluding hydrogens is 348 g/mol. The molecule has 0 saturated carbocycles. The monoisotopic (exact) mass is 370 g/mol. The topological polar surface area (TPSA) is 88.3 Å². The van der Waals surface area contributed by atoms with Crippen LogP contribution < -0.4 is 9.62 Å². The average molecular weight is 371 g/mol. The Hall–Kier alpha value is -1.45. The van der Waals surface area contributed by atoms with Crippen molar-refractivity contribution in [3.63, 3.8) is 0 Å². The Labute approximate surface area is 146 Å². The summed E-state index contributed by atoms with van der Waals surface area (Å²) in [5.74, 6) is 0.307. The van der Waals surface area contributed by atoms with Crippen molar-refractivity contribution in [1.29, 1.82) is 0 Å². The van der Waals surface area contributed by atoms with E-state index in [1.54, 1.807) is 25.2 Å². The summed E-state index contributed by atoms with van der Waals surface area (Å²) in [6.07, 6.45) is 4.28. The summed E-state index contributed by atoms with van der Waals surface area (Å²) in [6, 6.07) is 0. The Morgan fingerprint density at radius 1 is 1.29 bits per heavy atom. The van der Waals surface area contributed by atoms with Crippen molar-refractivity contribution in [3.8, 4) is 0 Å². The van der Waals surface area contributed by atoms with Crippen LogP contribution in [0.3, 0.4) is 0 Å². The van der Waals surface area contributed by atoms with E-state index in [1.807, 2.05) is 5.38 Å². The molecule has 1 fully saturated rings. The second kappa shape index (κ2) is 7.20. The summed E-state index contributed by atoms with van der Waals surface area (Å²) in [6.45, 7) is 5.64. The molecule has 7 nitrogen and oxygen atoms in total. The molecular formula is C15H22N4O3S2. The van der Waals surface area contributed by atoms with Crippen molar-refractivity contribution in [3.05, 3.63) is 22.5 Å². The van der Waals surface area contributed by atoms with E-state index >= 15 is 0 Å². The van der Waals surface area contributed by atoms with Crippen molar-refractivity contribution >= 4 is 26.5 Å². The predicted molar refractivity (Wildman–Crippen MR) is 93.0 cm³/mol. The maximum Gasteiger partial charge on any atom is 0.245 e. The van der Waals surface area contributed by atoms with Crippen molar-refractivity contribution in [2.24, 2.45) is 0 Å². The van der Waals surface area contributed by atoms with Gasteiger partial charge >= 0.3 is 0 Å². The van der Waals surface area contributed by atoms with Gasteiger partial charge in [0, 0.05) is 31.4 Å². The number of rotatable bonds is 6. The minimum absolute atomic E-state index is 0.134. The van der Waals surface area contributed by atoms with E-state index in [4.69, 9.17) is 4.52 Å². The van der Waals surface area contributed by atoms with E-state index in [-0.39, 0.29) is 4.90 Å². The summed E-state index contributed by atoms with van der Waals surface area (Å²) in [7, 11) is -3.60. The van der Waals surface area contributed by atoms with Crippen LogP contribution in [0.5, 0.6) is 0 Å². The number of piperidine rings is 1. The standard InChI is InChI=1S/C15H22N4O3S2/c1-11-14(12(2)22-18-11)24(20,21)16-7-6-13-10-23-15(17-13)19-8-4-3-5-9-19/h10,16H,3-9H2,1-2H3. The Morgan fingerprint density at radius 2 is 2.04 bits per heavy atom. The van der Waals surface area contributed by atoms with E-state index in [2.05, 4.69) is 19.8 Å². The Kier molecular flexibility index (Phi) is 5.21. The summed E-state index contributed by atoms with van der Waals surface area (Å²) < 4.78 is 32.2. The summed E-state index contributed by atoms with van der Waals surface area (Å²) >= 11 is 1.63.